The molecule has 0 aromatic carbocycles. The third kappa shape index (κ3) is 3.81. The number of cyclic esters (lactones) is 1. The quantitative estimate of drug-likeness (QED) is 0.354. The SMILES string of the molecule is CCCC(C)N1CC=C[C@]23O[C@@]4(C)C=CCCOC(=O)[C@H]4[C@H]2C(=O)N(CCCCO)C3C1=O. The summed E-state index contributed by atoms with van der Waals surface area (Å²) in [6.45, 7) is 6.98. The fraction of sp³-hybridized carbons (Fsp3) is 0.720. The Hall–Kier alpha value is -2.19. The van der Waals surface area contributed by atoms with E-state index in [2.05, 4.69) is 6.92 Å². The average Bonchev–Trinajstić information content (AvgIpc) is 3.07. The highest BCUT2D eigenvalue weighted by Gasteiger charge is 2.74. The van der Waals surface area contributed by atoms with Crippen molar-refractivity contribution in [1.82, 2.24) is 9.80 Å². The van der Waals surface area contributed by atoms with Crippen LogP contribution < -0.4 is 0 Å². The van der Waals surface area contributed by atoms with Gasteiger partial charge in [0.25, 0.3) is 0 Å². The lowest BCUT2D eigenvalue weighted by atomic mass is 9.74. The van der Waals surface area contributed by atoms with E-state index in [4.69, 9.17) is 9.47 Å². The van der Waals surface area contributed by atoms with E-state index in [1.54, 1.807) is 4.90 Å². The van der Waals surface area contributed by atoms with Gasteiger partial charge in [-0.2, -0.15) is 0 Å². The zero-order valence-corrected chi connectivity index (χ0v) is 19.9. The molecule has 4 heterocycles. The normalized spacial score (nSPS) is 36.6. The molecule has 4 aliphatic heterocycles. The number of hydrogen-bond acceptors (Lipinski definition) is 6. The predicted molar refractivity (Wildman–Crippen MR) is 121 cm³/mol. The molecule has 33 heavy (non-hydrogen) atoms. The third-order valence-corrected chi connectivity index (χ3v) is 7.60. The van der Waals surface area contributed by atoms with E-state index in [1.807, 2.05) is 43.1 Å². The van der Waals surface area contributed by atoms with Crippen LogP contribution >= 0.6 is 0 Å². The van der Waals surface area contributed by atoms with Crippen LogP contribution in [0.4, 0.5) is 0 Å². The van der Waals surface area contributed by atoms with Crippen LogP contribution in [-0.4, -0.2) is 82.3 Å². The zero-order chi connectivity index (χ0) is 23.8. The number of aliphatic hydroxyl groups is 1. The number of aliphatic hydroxyl groups excluding tert-OH is 1. The van der Waals surface area contributed by atoms with Crippen LogP contribution in [0.3, 0.4) is 0 Å². The Labute approximate surface area is 195 Å². The van der Waals surface area contributed by atoms with Crippen LogP contribution in [0, 0.1) is 11.8 Å². The topological polar surface area (TPSA) is 96.4 Å². The molecule has 8 heteroatoms. The standard InChI is InChI=1S/C25H36N2O6/c1-4-10-17(2)26-14-9-12-25-18(19-23(31)32-16-8-5-11-24(19,3)33-25)21(29)27(13-6-7-15-28)20(25)22(26)30/h5,9,11-12,17-20,28H,4,6-8,10,13-16H2,1-3H3/t17?,18-,19+,20?,24-,25-/m0/s1. The molecule has 0 bridgehead atoms. The van der Waals surface area contributed by atoms with Crippen molar-refractivity contribution in [1.29, 1.82) is 0 Å². The first-order valence-electron chi connectivity index (χ1n) is 12.2. The molecule has 0 radical (unpaired) electrons. The minimum absolute atomic E-state index is 0.0170. The number of carbonyl (C=O) groups excluding carboxylic acids is 3. The number of hydrogen-bond donors (Lipinski definition) is 1. The summed E-state index contributed by atoms with van der Waals surface area (Å²) in [5, 5.41) is 9.27. The van der Waals surface area contributed by atoms with Gasteiger partial charge in [-0.3, -0.25) is 14.4 Å². The average molecular weight is 461 g/mol. The molecule has 182 valence electrons. The van der Waals surface area contributed by atoms with E-state index in [9.17, 15) is 19.5 Å². The summed E-state index contributed by atoms with van der Waals surface area (Å²) in [7, 11) is 0. The van der Waals surface area contributed by atoms with Crippen LogP contribution in [0.15, 0.2) is 24.3 Å². The molecule has 2 fully saturated rings. The molecular formula is C25H36N2O6. The van der Waals surface area contributed by atoms with Crippen LogP contribution in [0.1, 0.15) is 52.9 Å². The minimum Gasteiger partial charge on any atom is -0.465 e. The molecule has 0 aliphatic carbocycles. The van der Waals surface area contributed by atoms with E-state index in [1.165, 1.54) is 0 Å². The van der Waals surface area contributed by atoms with Crippen molar-refractivity contribution in [3.63, 3.8) is 0 Å². The van der Waals surface area contributed by atoms with Crippen LogP contribution in [0.2, 0.25) is 0 Å². The van der Waals surface area contributed by atoms with E-state index >= 15 is 0 Å². The number of esters is 1. The summed E-state index contributed by atoms with van der Waals surface area (Å²) in [6.07, 6.45) is 11.0. The van der Waals surface area contributed by atoms with Crippen molar-refractivity contribution < 1.29 is 29.0 Å². The molecule has 0 aromatic heterocycles. The molecule has 4 rings (SSSR count). The fourth-order valence-corrected chi connectivity index (χ4v) is 6.11. The summed E-state index contributed by atoms with van der Waals surface area (Å²) in [4.78, 5) is 44.5. The first-order valence-corrected chi connectivity index (χ1v) is 12.2. The van der Waals surface area contributed by atoms with Gasteiger partial charge in [-0.05, 0) is 39.5 Å². The first-order chi connectivity index (χ1) is 15.8. The van der Waals surface area contributed by atoms with Crippen LogP contribution in [0.25, 0.3) is 0 Å². The monoisotopic (exact) mass is 460 g/mol. The van der Waals surface area contributed by atoms with Gasteiger partial charge in [0, 0.05) is 25.7 Å². The van der Waals surface area contributed by atoms with Gasteiger partial charge in [0.2, 0.25) is 11.8 Å². The number of amides is 2. The van der Waals surface area contributed by atoms with Gasteiger partial charge in [-0.15, -0.1) is 0 Å². The molecule has 2 amide bonds. The number of rotatable bonds is 7. The predicted octanol–water partition coefficient (Wildman–Crippen LogP) is 1.82. The molecule has 2 saturated heterocycles. The molecule has 0 aromatic rings. The number of fused-ring (bicyclic) bond motifs is 2. The Kier molecular flexibility index (Phi) is 6.69. The van der Waals surface area contributed by atoms with Gasteiger partial charge in [0.15, 0.2) is 0 Å². The van der Waals surface area contributed by atoms with Crippen LogP contribution in [-0.2, 0) is 23.9 Å². The molecule has 6 atom stereocenters. The molecule has 8 nitrogen and oxygen atoms in total. The smallest absolute Gasteiger partial charge is 0.313 e. The van der Waals surface area contributed by atoms with E-state index in [0.717, 1.165) is 12.8 Å². The van der Waals surface area contributed by atoms with Crippen molar-refractivity contribution in [2.24, 2.45) is 11.8 Å². The lowest BCUT2D eigenvalue weighted by molar-refractivity contribution is -0.160. The molecule has 2 unspecified atom stereocenters. The summed E-state index contributed by atoms with van der Waals surface area (Å²) < 4.78 is 12.2. The summed E-state index contributed by atoms with van der Waals surface area (Å²) in [6, 6.07) is -0.829. The second kappa shape index (κ2) is 9.22. The summed E-state index contributed by atoms with van der Waals surface area (Å²) in [5.41, 5.74) is -2.27. The van der Waals surface area contributed by atoms with Gasteiger partial charge in [-0.1, -0.05) is 37.6 Å². The van der Waals surface area contributed by atoms with Gasteiger partial charge >= 0.3 is 5.97 Å². The van der Waals surface area contributed by atoms with E-state index < -0.39 is 35.0 Å². The Morgan fingerprint density at radius 2 is 1.94 bits per heavy atom. The molecule has 4 aliphatic rings. The molecular weight excluding hydrogens is 424 g/mol. The minimum atomic E-state index is -1.23. The van der Waals surface area contributed by atoms with Crippen molar-refractivity contribution in [3.05, 3.63) is 24.3 Å². The van der Waals surface area contributed by atoms with Crippen molar-refractivity contribution in [2.75, 3.05) is 26.3 Å². The third-order valence-electron chi connectivity index (χ3n) is 7.60. The second-order valence-electron chi connectivity index (χ2n) is 9.85. The maximum absolute atomic E-state index is 14.0. The molecule has 1 N–H and O–H groups in total. The van der Waals surface area contributed by atoms with Crippen LogP contribution in [0.5, 0.6) is 0 Å². The Bertz CT molecular complexity index is 856. The van der Waals surface area contributed by atoms with Gasteiger partial charge in [-0.25, -0.2) is 0 Å². The lowest BCUT2D eigenvalue weighted by Gasteiger charge is -2.39. The Morgan fingerprint density at radius 1 is 1.15 bits per heavy atom. The number of likely N-dealkylation sites (tertiary alicyclic amines) is 1. The lowest BCUT2D eigenvalue weighted by Crippen LogP contribution is -2.57. The molecule has 1 spiro atoms. The fourth-order valence-electron chi connectivity index (χ4n) is 6.11. The Morgan fingerprint density at radius 3 is 2.67 bits per heavy atom. The summed E-state index contributed by atoms with van der Waals surface area (Å²) >= 11 is 0. The van der Waals surface area contributed by atoms with Crippen molar-refractivity contribution >= 4 is 17.8 Å². The number of unbranched alkanes of at least 4 members (excludes halogenated alkanes) is 1. The summed E-state index contributed by atoms with van der Waals surface area (Å²) in [5.74, 6) is -2.51. The maximum Gasteiger partial charge on any atom is 0.313 e. The molecule has 0 saturated carbocycles. The highest BCUT2D eigenvalue weighted by atomic mass is 16.6. The second-order valence-corrected chi connectivity index (χ2v) is 9.85. The number of ether oxygens (including phenoxy) is 2. The van der Waals surface area contributed by atoms with Gasteiger partial charge in [0.05, 0.1) is 18.1 Å². The largest absolute Gasteiger partial charge is 0.465 e. The number of carbonyl (C=O) groups is 3. The zero-order valence-electron chi connectivity index (χ0n) is 19.9. The van der Waals surface area contributed by atoms with Crippen molar-refractivity contribution in [3.8, 4) is 0 Å². The highest BCUT2D eigenvalue weighted by molar-refractivity contribution is 5.99. The van der Waals surface area contributed by atoms with Crippen molar-refractivity contribution in [2.45, 2.75) is 76.2 Å². The van der Waals surface area contributed by atoms with Gasteiger partial charge in [0.1, 0.15) is 17.6 Å². The maximum atomic E-state index is 14.0. The van der Waals surface area contributed by atoms with E-state index in [-0.39, 0.29) is 31.1 Å². The Balaban J connectivity index is 1.81. The first kappa shape index (κ1) is 24.0. The van der Waals surface area contributed by atoms with Gasteiger partial charge < -0.3 is 24.4 Å². The highest BCUT2D eigenvalue weighted by Crippen LogP contribution is 2.57. The van der Waals surface area contributed by atoms with E-state index in [0.29, 0.717) is 32.4 Å². The number of nitrogens with zero attached hydrogens (tertiary/aromatic N) is 2.